The Labute approximate surface area is 156 Å². The highest BCUT2D eigenvalue weighted by molar-refractivity contribution is 6.41. The SMILES string of the molecule is CC.CC.CCC.COc1ccccc1C(=O)c1cc(Cl)c(Cl)[nH]1. The zero-order valence-electron chi connectivity index (χ0n) is 15.7. The van der Waals surface area contributed by atoms with Crippen molar-refractivity contribution in [3.8, 4) is 5.75 Å². The first-order valence-electron chi connectivity index (χ1n) is 8.26. The summed E-state index contributed by atoms with van der Waals surface area (Å²) in [6.45, 7) is 12.2. The van der Waals surface area contributed by atoms with Crippen molar-refractivity contribution in [2.75, 3.05) is 7.11 Å². The van der Waals surface area contributed by atoms with Crippen LogP contribution in [0.4, 0.5) is 0 Å². The molecule has 1 heterocycles. The zero-order chi connectivity index (χ0) is 19.1. The van der Waals surface area contributed by atoms with E-state index in [-0.39, 0.29) is 10.9 Å². The second-order valence-corrected chi connectivity index (χ2v) is 4.87. The molecular weight excluding hydrogens is 345 g/mol. The predicted octanol–water partition coefficient (Wildman–Crippen LogP) is 7.03. The molecular formula is C19H29Cl2NO2. The Balaban J connectivity index is 0. The summed E-state index contributed by atoms with van der Waals surface area (Å²) >= 11 is 11.6. The van der Waals surface area contributed by atoms with Crippen LogP contribution in [0.25, 0.3) is 0 Å². The Morgan fingerprint density at radius 3 is 2.00 bits per heavy atom. The molecule has 3 nitrogen and oxygen atoms in total. The van der Waals surface area contributed by atoms with E-state index in [1.807, 2.05) is 27.7 Å². The lowest BCUT2D eigenvalue weighted by Crippen LogP contribution is -2.04. The van der Waals surface area contributed by atoms with Crippen LogP contribution in [0.5, 0.6) is 5.75 Å². The minimum atomic E-state index is -0.212. The van der Waals surface area contributed by atoms with Crippen molar-refractivity contribution < 1.29 is 9.53 Å². The molecule has 0 bridgehead atoms. The number of hydrogen-bond donors (Lipinski definition) is 1. The molecule has 2 aromatic rings. The van der Waals surface area contributed by atoms with Crippen LogP contribution in [0.2, 0.25) is 10.2 Å². The second-order valence-electron chi connectivity index (χ2n) is 4.08. The molecule has 0 radical (unpaired) electrons. The van der Waals surface area contributed by atoms with Crippen LogP contribution < -0.4 is 4.74 Å². The highest BCUT2D eigenvalue weighted by Crippen LogP contribution is 2.26. The second kappa shape index (κ2) is 15.1. The third-order valence-electron chi connectivity index (χ3n) is 2.32. The van der Waals surface area contributed by atoms with Crippen molar-refractivity contribution >= 4 is 29.0 Å². The van der Waals surface area contributed by atoms with Gasteiger partial charge in [-0.3, -0.25) is 4.79 Å². The van der Waals surface area contributed by atoms with Gasteiger partial charge in [-0.25, -0.2) is 0 Å². The van der Waals surface area contributed by atoms with Gasteiger partial charge < -0.3 is 9.72 Å². The Kier molecular flexibility index (Phi) is 15.6. The number of methoxy groups -OCH3 is 1. The summed E-state index contributed by atoms with van der Waals surface area (Å²) in [7, 11) is 1.51. The summed E-state index contributed by atoms with van der Waals surface area (Å²) in [6, 6.07) is 8.47. The Bertz CT molecular complexity index is 561. The number of para-hydroxylation sites is 1. The molecule has 1 aromatic heterocycles. The molecule has 1 N–H and O–H groups in total. The van der Waals surface area contributed by atoms with Crippen molar-refractivity contribution in [1.82, 2.24) is 4.98 Å². The molecule has 0 aliphatic rings. The molecule has 0 saturated carbocycles. The summed E-state index contributed by atoms with van der Waals surface area (Å²) in [5.74, 6) is 0.301. The quantitative estimate of drug-likeness (QED) is 0.586. The molecule has 0 aliphatic carbocycles. The molecule has 5 heteroatoms. The lowest BCUT2D eigenvalue weighted by atomic mass is 10.1. The molecule has 0 saturated heterocycles. The smallest absolute Gasteiger partial charge is 0.212 e. The minimum absolute atomic E-state index is 0.212. The van der Waals surface area contributed by atoms with E-state index in [1.165, 1.54) is 19.6 Å². The van der Waals surface area contributed by atoms with E-state index in [9.17, 15) is 4.79 Å². The fourth-order valence-corrected chi connectivity index (χ4v) is 1.82. The van der Waals surface area contributed by atoms with E-state index in [0.29, 0.717) is 22.0 Å². The Hall–Kier alpha value is -1.45. The largest absolute Gasteiger partial charge is 0.496 e. The summed E-state index contributed by atoms with van der Waals surface area (Å²) in [4.78, 5) is 14.9. The first kappa shape index (κ1) is 24.8. The molecule has 0 spiro atoms. The van der Waals surface area contributed by atoms with Crippen molar-refractivity contribution in [3.63, 3.8) is 0 Å². The number of hydrogen-bond acceptors (Lipinski definition) is 2. The number of aromatic nitrogens is 1. The van der Waals surface area contributed by atoms with Gasteiger partial charge in [0.1, 0.15) is 10.9 Å². The summed E-state index contributed by atoms with van der Waals surface area (Å²) < 4.78 is 5.12. The molecule has 0 atom stereocenters. The predicted molar refractivity (Wildman–Crippen MR) is 106 cm³/mol. The van der Waals surface area contributed by atoms with Crippen LogP contribution in [-0.2, 0) is 0 Å². The Morgan fingerprint density at radius 2 is 1.58 bits per heavy atom. The average Bonchev–Trinajstić information content (AvgIpc) is 2.97. The van der Waals surface area contributed by atoms with Crippen LogP contribution in [0.15, 0.2) is 30.3 Å². The molecule has 2 rings (SSSR count). The van der Waals surface area contributed by atoms with Gasteiger partial charge in [0, 0.05) is 0 Å². The van der Waals surface area contributed by atoms with Gasteiger partial charge >= 0.3 is 0 Å². The standard InChI is InChI=1S/C12H9Cl2NO2.C3H8.2C2H6/c1-17-10-5-3-2-4-7(10)11(16)9-6-8(13)12(14)15-9;1-3-2;2*1-2/h2-6,15H,1H3;3H2,1-2H3;2*1-2H3. The minimum Gasteiger partial charge on any atom is -0.496 e. The van der Waals surface area contributed by atoms with Gasteiger partial charge in [-0.2, -0.15) is 0 Å². The van der Waals surface area contributed by atoms with Gasteiger partial charge in [-0.05, 0) is 18.2 Å². The van der Waals surface area contributed by atoms with Crippen LogP contribution in [0.1, 0.15) is 64.0 Å². The molecule has 0 amide bonds. The number of nitrogens with one attached hydrogen (secondary N) is 1. The first-order chi connectivity index (χ1) is 11.5. The lowest BCUT2D eigenvalue weighted by molar-refractivity contribution is 0.103. The zero-order valence-corrected chi connectivity index (χ0v) is 17.2. The molecule has 0 fully saturated rings. The van der Waals surface area contributed by atoms with Crippen LogP contribution in [0.3, 0.4) is 0 Å². The monoisotopic (exact) mass is 373 g/mol. The normalized spacial score (nSPS) is 8.54. The highest BCUT2D eigenvalue weighted by atomic mass is 35.5. The van der Waals surface area contributed by atoms with E-state index in [4.69, 9.17) is 27.9 Å². The summed E-state index contributed by atoms with van der Waals surface area (Å²) in [5, 5.41) is 0.579. The van der Waals surface area contributed by atoms with Gasteiger partial charge in [0.2, 0.25) is 5.78 Å². The number of ether oxygens (including phenoxy) is 1. The van der Waals surface area contributed by atoms with Crippen LogP contribution in [0, 0.1) is 0 Å². The number of aromatic amines is 1. The Morgan fingerprint density at radius 1 is 1.08 bits per heavy atom. The molecule has 24 heavy (non-hydrogen) atoms. The van der Waals surface area contributed by atoms with E-state index < -0.39 is 0 Å². The number of carbonyl (C=O) groups is 1. The number of halogens is 2. The van der Waals surface area contributed by atoms with Crippen LogP contribution in [-0.4, -0.2) is 17.9 Å². The maximum atomic E-state index is 12.2. The van der Waals surface area contributed by atoms with Crippen molar-refractivity contribution in [3.05, 3.63) is 51.8 Å². The van der Waals surface area contributed by atoms with Crippen LogP contribution >= 0.6 is 23.2 Å². The van der Waals surface area contributed by atoms with Gasteiger partial charge in [0.15, 0.2) is 0 Å². The first-order valence-corrected chi connectivity index (χ1v) is 9.02. The van der Waals surface area contributed by atoms with E-state index in [2.05, 4.69) is 18.8 Å². The lowest BCUT2D eigenvalue weighted by Gasteiger charge is -2.05. The molecule has 0 unspecified atom stereocenters. The topological polar surface area (TPSA) is 42.1 Å². The van der Waals surface area contributed by atoms with Gasteiger partial charge in [0.05, 0.1) is 23.4 Å². The number of H-pyrrole nitrogens is 1. The molecule has 0 aliphatic heterocycles. The van der Waals surface area contributed by atoms with Crippen molar-refractivity contribution in [2.24, 2.45) is 0 Å². The number of rotatable bonds is 3. The van der Waals surface area contributed by atoms with E-state index >= 15 is 0 Å². The molecule has 1 aromatic carbocycles. The number of ketones is 1. The fourth-order valence-electron chi connectivity index (χ4n) is 1.50. The highest BCUT2D eigenvalue weighted by Gasteiger charge is 2.17. The van der Waals surface area contributed by atoms with Gasteiger partial charge in [-0.1, -0.05) is 83.3 Å². The summed E-state index contributed by atoms with van der Waals surface area (Å²) in [5.41, 5.74) is 0.800. The van der Waals surface area contributed by atoms with E-state index in [0.717, 1.165) is 0 Å². The third kappa shape index (κ3) is 7.89. The van der Waals surface area contributed by atoms with Gasteiger partial charge in [-0.15, -0.1) is 0 Å². The van der Waals surface area contributed by atoms with E-state index in [1.54, 1.807) is 24.3 Å². The van der Waals surface area contributed by atoms with Crippen molar-refractivity contribution in [1.29, 1.82) is 0 Å². The number of benzene rings is 1. The summed E-state index contributed by atoms with van der Waals surface area (Å²) in [6.07, 6.45) is 1.25. The van der Waals surface area contributed by atoms with Gasteiger partial charge in [0.25, 0.3) is 0 Å². The fraction of sp³-hybridized carbons (Fsp3) is 0.421. The average molecular weight is 374 g/mol. The number of carbonyl (C=O) groups excluding carboxylic acids is 1. The van der Waals surface area contributed by atoms with Crippen molar-refractivity contribution in [2.45, 2.75) is 48.0 Å². The maximum Gasteiger partial charge on any atom is 0.212 e. The molecule has 136 valence electrons. The maximum absolute atomic E-state index is 12.2. The third-order valence-corrected chi connectivity index (χ3v) is 3.01.